The fourth-order valence-electron chi connectivity index (χ4n) is 1.88. The van der Waals surface area contributed by atoms with Crippen LogP contribution in [0.2, 0.25) is 0 Å². The second-order valence-corrected chi connectivity index (χ2v) is 4.23. The van der Waals surface area contributed by atoms with Gasteiger partial charge in [0.25, 0.3) is 0 Å². The third-order valence-corrected chi connectivity index (χ3v) is 2.83. The minimum atomic E-state index is 0.512. The molecule has 3 aromatic rings. The summed E-state index contributed by atoms with van der Waals surface area (Å²) in [4.78, 5) is 8.47. The minimum Gasteiger partial charge on any atom is -0.497 e. The second-order valence-electron chi connectivity index (χ2n) is 4.23. The topological polar surface area (TPSA) is 74.2 Å². The molecular weight excluding hydrogens is 242 g/mol. The Balaban J connectivity index is 1.87. The number of hydrogen-bond donors (Lipinski definition) is 1. The van der Waals surface area contributed by atoms with Gasteiger partial charge < -0.3 is 14.9 Å². The van der Waals surface area contributed by atoms with Crippen LogP contribution in [0.4, 0.5) is 5.69 Å². The first-order valence-electron chi connectivity index (χ1n) is 5.88. The maximum Gasteiger partial charge on any atom is 0.247 e. The first-order valence-corrected chi connectivity index (χ1v) is 5.88. The zero-order valence-electron chi connectivity index (χ0n) is 10.5. The molecule has 5 heteroatoms. The van der Waals surface area contributed by atoms with E-state index in [1.807, 2.05) is 24.3 Å². The number of ether oxygens (including phenoxy) is 1. The van der Waals surface area contributed by atoms with Crippen LogP contribution in [0, 0.1) is 0 Å². The SMILES string of the molecule is COc1ccc(Cc2nc3cc(N)cnc3o2)cc1. The number of anilines is 1. The Labute approximate surface area is 110 Å². The summed E-state index contributed by atoms with van der Waals surface area (Å²) in [5.41, 5.74) is 8.53. The molecule has 2 aromatic heterocycles. The van der Waals surface area contributed by atoms with Crippen molar-refractivity contribution in [2.24, 2.45) is 0 Å². The summed E-state index contributed by atoms with van der Waals surface area (Å²) in [6, 6.07) is 9.54. The molecule has 0 aliphatic heterocycles. The molecule has 5 nitrogen and oxygen atoms in total. The van der Waals surface area contributed by atoms with Gasteiger partial charge in [-0.3, -0.25) is 0 Å². The van der Waals surface area contributed by atoms with E-state index in [1.54, 1.807) is 19.4 Å². The molecule has 96 valence electrons. The maximum absolute atomic E-state index is 5.66. The molecule has 0 bridgehead atoms. The molecule has 0 unspecified atom stereocenters. The van der Waals surface area contributed by atoms with Crippen LogP contribution in [0.25, 0.3) is 11.2 Å². The van der Waals surface area contributed by atoms with Gasteiger partial charge in [0.1, 0.15) is 11.3 Å². The highest BCUT2D eigenvalue weighted by Crippen LogP contribution is 2.19. The minimum absolute atomic E-state index is 0.512. The number of fused-ring (bicyclic) bond motifs is 1. The third kappa shape index (κ3) is 2.35. The van der Waals surface area contributed by atoms with E-state index >= 15 is 0 Å². The monoisotopic (exact) mass is 255 g/mol. The summed E-state index contributed by atoms with van der Waals surface area (Å²) >= 11 is 0. The molecule has 0 aliphatic carbocycles. The largest absolute Gasteiger partial charge is 0.497 e. The van der Waals surface area contributed by atoms with Gasteiger partial charge in [0.2, 0.25) is 11.6 Å². The zero-order valence-corrected chi connectivity index (χ0v) is 10.5. The number of nitrogen functional groups attached to an aromatic ring is 1. The van der Waals surface area contributed by atoms with Crippen LogP contribution in [-0.2, 0) is 6.42 Å². The lowest BCUT2D eigenvalue weighted by Crippen LogP contribution is -1.89. The molecule has 0 spiro atoms. The number of aromatic nitrogens is 2. The summed E-state index contributed by atoms with van der Waals surface area (Å²) in [5, 5.41) is 0. The lowest BCUT2D eigenvalue weighted by Gasteiger charge is -2.00. The fourth-order valence-corrected chi connectivity index (χ4v) is 1.88. The summed E-state index contributed by atoms with van der Waals surface area (Å²) in [5.74, 6) is 1.45. The van der Waals surface area contributed by atoms with Crippen molar-refractivity contribution >= 4 is 16.9 Å². The molecule has 0 radical (unpaired) electrons. The number of rotatable bonds is 3. The molecule has 0 saturated heterocycles. The van der Waals surface area contributed by atoms with Crippen LogP contribution in [0.3, 0.4) is 0 Å². The van der Waals surface area contributed by atoms with Crippen LogP contribution >= 0.6 is 0 Å². The quantitative estimate of drug-likeness (QED) is 0.777. The molecule has 3 rings (SSSR count). The normalized spacial score (nSPS) is 10.8. The van der Waals surface area contributed by atoms with Crippen LogP contribution in [0.1, 0.15) is 11.5 Å². The van der Waals surface area contributed by atoms with E-state index in [2.05, 4.69) is 9.97 Å². The van der Waals surface area contributed by atoms with Crippen LogP contribution in [-0.4, -0.2) is 17.1 Å². The van der Waals surface area contributed by atoms with E-state index in [9.17, 15) is 0 Å². The summed E-state index contributed by atoms with van der Waals surface area (Å²) < 4.78 is 10.7. The van der Waals surface area contributed by atoms with Gasteiger partial charge in [-0.2, -0.15) is 0 Å². The average molecular weight is 255 g/mol. The molecule has 2 heterocycles. The Morgan fingerprint density at radius 1 is 1.26 bits per heavy atom. The molecule has 0 amide bonds. The number of methoxy groups -OCH3 is 1. The Morgan fingerprint density at radius 2 is 2.05 bits per heavy atom. The first kappa shape index (κ1) is 11.5. The summed E-state index contributed by atoms with van der Waals surface area (Å²) in [7, 11) is 1.64. The summed E-state index contributed by atoms with van der Waals surface area (Å²) in [6.07, 6.45) is 2.17. The van der Waals surface area contributed by atoms with Gasteiger partial charge in [-0.25, -0.2) is 9.97 Å². The van der Waals surface area contributed by atoms with Gasteiger partial charge in [0, 0.05) is 6.42 Å². The van der Waals surface area contributed by atoms with E-state index < -0.39 is 0 Å². The van der Waals surface area contributed by atoms with Gasteiger partial charge in [0.15, 0.2) is 0 Å². The predicted octanol–water partition coefficient (Wildman–Crippen LogP) is 2.40. The smallest absolute Gasteiger partial charge is 0.247 e. The molecule has 0 fully saturated rings. The lowest BCUT2D eigenvalue weighted by molar-refractivity contribution is 0.414. The van der Waals surface area contributed by atoms with E-state index in [0.717, 1.165) is 11.3 Å². The van der Waals surface area contributed by atoms with Crippen molar-refractivity contribution in [3.8, 4) is 5.75 Å². The van der Waals surface area contributed by atoms with Crippen molar-refractivity contribution in [1.29, 1.82) is 0 Å². The Morgan fingerprint density at radius 3 is 2.79 bits per heavy atom. The van der Waals surface area contributed by atoms with Gasteiger partial charge in [0.05, 0.1) is 19.0 Å². The van der Waals surface area contributed by atoms with Crippen LogP contribution in [0.5, 0.6) is 5.75 Å². The van der Waals surface area contributed by atoms with Gasteiger partial charge in [-0.15, -0.1) is 0 Å². The number of benzene rings is 1. The first-order chi connectivity index (χ1) is 9.24. The van der Waals surface area contributed by atoms with Gasteiger partial charge in [-0.05, 0) is 23.8 Å². The van der Waals surface area contributed by atoms with Crippen LogP contribution < -0.4 is 10.5 Å². The van der Waals surface area contributed by atoms with Gasteiger partial charge >= 0.3 is 0 Å². The van der Waals surface area contributed by atoms with E-state index in [1.165, 1.54) is 0 Å². The van der Waals surface area contributed by atoms with Crippen molar-refractivity contribution in [2.75, 3.05) is 12.8 Å². The van der Waals surface area contributed by atoms with Crippen molar-refractivity contribution < 1.29 is 9.15 Å². The van der Waals surface area contributed by atoms with E-state index in [4.69, 9.17) is 14.9 Å². The maximum atomic E-state index is 5.66. The lowest BCUT2D eigenvalue weighted by atomic mass is 10.1. The molecule has 0 saturated carbocycles. The number of oxazole rings is 1. The highest BCUT2D eigenvalue weighted by Gasteiger charge is 2.08. The van der Waals surface area contributed by atoms with E-state index in [0.29, 0.717) is 29.2 Å². The number of nitrogens with zero attached hydrogens (tertiary/aromatic N) is 2. The summed E-state index contributed by atoms with van der Waals surface area (Å²) in [6.45, 7) is 0. The standard InChI is InChI=1S/C14H13N3O2/c1-18-11-4-2-9(3-5-11)6-13-17-12-7-10(15)8-16-14(12)19-13/h2-5,7-8H,6,15H2,1H3. The highest BCUT2D eigenvalue weighted by molar-refractivity contribution is 5.71. The Kier molecular flexibility index (Phi) is 2.79. The third-order valence-electron chi connectivity index (χ3n) is 2.83. The Hall–Kier alpha value is -2.56. The molecular formula is C14H13N3O2. The Bertz CT molecular complexity index is 704. The van der Waals surface area contributed by atoms with Crippen molar-refractivity contribution in [1.82, 2.24) is 9.97 Å². The number of nitrogens with two attached hydrogens (primary N) is 1. The fraction of sp³-hybridized carbons (Fsp3) is 0.143. The molecule has 0 aliphatic rings. The molecule has 1 aromatic carbocycles. The molecule has 0 atom stereocenters. The predicted molar refractivity (Wildman–Crippen MR) is 72.0 cm³/mol. The van der Waals surface area contributed by atoms with Crippen molar-refractivity contribution in [3.05, 3.63) is 48.0 Å². The van der Waals surface area contributed by atoms with Crippen molar-refractivity contribution in [2.45, 2.75) is 6.42 Å². The van der Waals surface area contributed by atoms with Gasteiger partial charge in [-0.1, -0.05) is 12.1 Å². The van der Waals surface area contributed by atoms with Crippen molar-refractivity contribution in [3.63, 3.8) is 0 Å². The van der Waals surface area contributed by atoms with E-state index in [-0.39, 0.29) is 0 Å². The molecule has 2 N–H and O–H groups in total. The molecule has 19 heavy (non-hydrogen) atoms. The zero-order chi connectivity index (χ0) is 13.2. The number of hydrogen-bond acceptors (Lipinski definition) is 5. The highest BCUT2D eigenvalue weighted by atomic mass is 16.5. The number of pyridine rings is 1. The van der Waals surface area contributed by atoms with Crippen LogP contribution in [0.15, 0.2) is 40.9 Å². The average Bonchev–Trinajstić information content (AvgIpc) is 2.81. The second kappa shape index (κ2) is 4.61.